The van der Waals surface area contributed by atoms with Crippen LogP contribution in [-0.4, -0.2) is 34.4 Å². The summed E-state index contributed by atoms with van der Waals surface area (Å²) >= 11 is 1.57. The first-order valence-electron chi connectivity index (χ1n) is 6.26. The molecule has 0 atom stereocenters. The average Bonchev–Trinajstić information content (AvgIpc) is 2.88. The van der Waals surface area contributed by atoms with Crippen molar-refractivity contribution >= 4 is 17.4 Å². The van der Waals surface area contributed by atoms with Crippen molar-refractivity contribution in [1.29, 1.82) is 0 Å². The molecule has 2 N–H and O–H groups in total. The maximum atomic E-state index is 5.27. The Morgan fingerprint density at radius 3 is 2.74 bits per heavy atom. The van der Waals surface area contributed by atoms with Gasteiger partial charge in [-0.2, -0.15) is 5.10 Å². The van der Waals surface area contributed by atoms with Crippen LogP contribution in [-0.2, 0) is 4.74 Å². The van der Waals surface area contributed by atoms with Crippen LogP contribution in [0.2, 0.25) is 0 Å². The largest absolute Gasteiger partial charge is 0.382 e. The fourth-order valence-electron chi connectivity index (χ4n) is 2.09. The summed E-state index contributed by atoms with van der Waals surface area (Å²) in [4.78, 5) is 5.23. The van der Waals surface area contributed by atoms with Gasteiger partial charge in [0.2, 0.25) is 0 Å². The molecule has 1 aliphatic carbocycles. The lowest BCUT2D eigenvalue weighted by Gasteiger charge is -2.35. The van der Waals surface area contributed by atoms with E-state index in [0.717, 1.165) is 28.6 Å². The lowest BCUT2D eigenvalue weighted by molar-refractivity contribution is 0.0329. The summed E-state index contributed by atoms with van der Waals surface area (Å²) in [5.74, 6) is 0. The summed E-state index contributed by atoms with van der Waals surface area (Å²) in [5, 5.41) is 11.0. The van der Waals surface area contributed by atoms with Crippen molar-refractivity contribution in [2.24, 2.45) is 0 Å². The monoisotopic (exact) mass is 276 g/mol. The third-order valence-electron chi connectivity index (χ3n) is 3.26. The third-order valence-corrected chi connectivity index (χ3v) is 4.16. The number of nitrogens with zero attached hydrogens (tertiary/aromatic N) is 2. The number of rotatable bonds is 5. The van der Waals surface area contributed by atoms with Crippen LogP contribution in [0.5, 0.6) is 0 Å². The first-order valence-corrected chi connectivity index (χ1v) is 7.08. The Bertz CT molecular complexity index is 508. The van der Waals surface area contributed by atoms with Gasteiger partial charge >= 0.3 is 0 Å². The number of anilines is 1. The molecule has 0 radical (unpaired) electrons. The summed E-state index contributed by atoms with van der Waals surface area (Å²) in [6.07, 6.45) is 4.12. The van der Waals surface area contributed by atoms with E-state index in [9.17, 15) is 0 Å². The van der Waals surface area contributed by atoms with Crippen LogP contribution in [0.15, 0.2) is 40.6 Å². The first-order chi connectivity index (χ1) is 9.33. The Kier molecular flexibility index (Phi) is 3.70. The molecule has 0 amide bonds. The van der Waals surface area contributed by atoms with Gasteiger partial charge in [0, 0.05) is 23.7 Å². The van der Waals surface area contributed by atoms with E-state index in [1.165, 1.54) is 6.33 Å². The molecular weight excluding hydrogens is 260 g/mol. The predicted molar refractivity (Wildman–Crippen MR) is 74.4 cm³/mol. The molecule has 100 valence electrons. The van der Waals surface area contributed by atoms with Crippen molar-refractivity contribution in [2.45, 2.75) is 35.0 Å². The minimum absolute atomic E-state index is 0.429. The molecule has 6 heteroatoms. The molecule has 0 saturated heterocycles. The van der Waals surface area contributed by atoms with Crippen LogP contribution < -0.4 is 5.32 Å². The van der Waals surface area contributed by atoms with Crippen molar-refractivity contribution in [3.8, 4) is 0 Å². The molecule has 19 heavy (non-hydrogen) atoms. The van der Waals surface area contributed by atoms with Crippen molar-refractivity contribution in [2.75, 3.05) is 12.4 Å². The summed E-state index contributed by atoms with van der Waals surface area (Å²) in [6, 6.07) is 8.90. The van der Waals surface area contributed by atoms with Crippen LogP contribution >= 0.6 is 11.8 Å². The number of H-pyrrole nitrogens is 1. The van der Waals surface area contributed by atoms with E-state index in [1.54, 1.807) is 18.9 Å². The zero-order valence-electron chi connectivity index (χ0n) is 10.7. The van der Waals surface area contributed by atoms with E-state index < -0.39 is 0 Å². The number of hydrogen-bond acceptors (Lipinski definition) is 5. The van der Waals surface area contributed by atoms with E-state index in [1.807, 2.05) is 0 Å². The number of aromatic amines is 1. The van der Waals surface area contributed by atoms with Crippen molar-refractivity contribution in [3.05, 3.63) is 30.6 Å². The van der Waals surface area contributed by atoms with E-state index >= 15 is 0 Å². The Balaban J connectivity index is 1.54. The average molecular weight is 276 g/mol. The van der Waals surface area contributed by atoms with E-state index in [-0.39, 0.29) is 0 Å². The fourth-order valence-corrected chi connectivity index (χ4v) is 2.78. The topological polar surface area (TPSA) is 62.8 Å². The number of hydrogen-bond donors (Lipinski definition) is 2. The second kappa shape index (κ2) is 5.63. The summed E-state index contributed by atoms with van der Waals surface area (Å²) < 4.78 is 5.27. The van der Waals surface area contributed by atoms with Gasteiger partial charge in [0.05, 0.1) is 6.10 Å². The van der Waals surface area contributed by atoms with Crippen LogP contribution in [0, 0.1) is 0 Å². The number of nitrogens with one attached hydrogen (secondary N) is 2. The molecule has 1 aromatic heterocycles. The highest BCUT2D eigenvalue weighted by atomic mass is 32.2. The van der Waals surface area contributed by atoms with Crippen LogP contribution in [0.25, 0.3) is 0 Å². The Morgan fingerprint density at radius 2 is 2.11 bits per heavy atom. The Morgan fingerprint density at radius 1 is 1.32 bits per heavy atom. The smallest absolute Gasteiger partial charge is 0.188 e. The molecule has 0 aliphatic heterocycles. The molecule has 3 rings (SSSR count). The molecular formula is C13H16N4OS. The molecule has 1 fully saturated rings. The third kappa shape index (κ3) is 3.08. The van der Waals surface area contributed by atoms with Gasteiger partial charge in [0.25, 0.3) is 0 Å². The first kappa shape index (κ1) is 12.5. The fraction of sp³-hybridized carbons (Fsp3) is 0.385. The van der Waals surface area contributed by atoms with Gasteiger partial charge in [-0.05, 0) is 37.1 Å². The molecule has 1 aromatic carbocycles. The number of methoxy groups -OCH3 is 1. The minimum Gasteiger partial charge on any atom is -0.382 e. The highest BCUT2D eigenvalue weighted by Gasteiger charge is 2.28. The van der Waals surface area contributed by atoms with E-state index in [2.05, 4.69) is 44.8 Å². The second-order valence-electron chi connectivity index (χ2n) is 4.59. The summed E-state index contributed by atoms with van der Waals surface area (Å²) in [7, 11) is 1.77. The zero-order valence-corrected chi connectivity index (χ0v) is 11.5. The number of ether oxygens (including phenoxy) is 1. The van der Waals surface area contributed by atoms with Gasteiger partial charge < -0.3 is 10.1 Å². The van der Waals surface area contributed by atoms with Crippen LogP contribution in [0.4, 0.5) is 5.69 Å². The Labute approximate surface area is 116 Å². The van der Waals surface area contributed by atoms with Gasteiger partial charge in [-0.15, -0.1) is 0 Å². The SMILES string of the molecule is COC1CC(Nc2ccc(Sc3ncn[nH]3)cc2)C1. The highest BCUT2D eigenvalue weighted by Crippen LogP contribution is 2.28. The molecule has 5 nitrogen and oxygen atoms in total. The standard InChI is InChI=1S/C13H16N4OS/c1-18-11-6-10(7-11)16-9-2-4-12(5-3-9)19-13-14-8-15-17-13/h2-5,8,10-11,16H,6-7H2,1H3,(H,14,15,17). The van der Waals surface area contributed by atoms with Crippen molar-refractivity contribution < 1.29 is 4.74 Å². The van der Waals surface area contributed by atoms with E-state index in [0.29, 0.717) is 12.1 Å². The highest BCUT2D eigenvalue weighted by molar-refractivity contribution is 7.99. The lowest BCUT2D eigenvalue weighted by Crippen LogP contribution is -2.40. The van der Waals surface area contributed by atoms with Crippen molar-refractivity contribution in [1.82, 2.24) is 15.2 Å². The van der Waals surface area contributed by atoms with Crippen LogP contribution in [0.3, 0.4) is 0 Å². The minimum atomic E-state index is 0.429. The predicted octanol–water partition coefficient (Wildman–Crippen LogP) is 2.55. The maximum Gasteiger partial charge on any atom is 0.188 e. The number of aromatic nitrogens is 3. The normalized spacial score (nSPS) is 21.9. The van der Waals surface area contributed by atoms with Crippen LogP contribution in [0.1, 0.15) is 12.8 Å². The number of benzene rings is 1. The quantitative estimate of drug-likeness (QED) is 0.878. The summed E-state index contributed by atoms with van der Waals surface area (Å²) in [6.45, 7) is 0. The van der Waals surface area contributed by atoms with Crippen molar-refractivity contribution in [3.63, 3.8) is 0 Å². The van der Waals surface area contributed by atoms with Gasteiger partial charge in [-0.25, -0.2) is 4.98 Å². The lowest BCUT2D eigenvalue weighted by atomic mass is 9.89. The zero-order chi connectivity index (χ0) is 13.1. The second-order valence-corrected chi connectivity index (χ2v) is 5.65. The Hall–Kier alpha value is -1.53. The molecule has 1 heterocycles. The molecule has 0 bridgehead atoms. The van der Waals surface area contributed by atoms with Gasteiger partial charge in [0.1, 0.15) is 6.33 Å². The molecule has 2 aromatic rings. The molecule has 1 aliphatic rings. The summed E-state index contributed by atoms with van der Waals surface area (Å²) in [5.41, 5.74) is 1.15. The maximum absolute atomic E-state index is 5.27. The van der Waals surface area contributed by atoms with Gasteiger partial charge in [0.15, 0.2) is 5.16 Å². The molecule has 0 spiro atoms. The molecule has 0 unspecified atom stereocenters. The molecule has 1 saturated carbocycles. The van der Waals surface area contributed by atoms with Gasteiger partial charge in [-0.3, -0.25) is 5.10 Å². The van der Waals surface area contributed by atoms with Gasteiger partial charge in [-0.1, -0.05) is 11.8 Å². The van der Waals surface area contributed by atoms with E-state index in [4.69, 9.17) is 4.74 Å².